The first kappa shape index (κ1) is 12.8. The summed E-state index contributed by atoms with van der Waals surface area (Å²) in [4.78, 5) is 10.2. The molecule has 0 aromatic heterocycles. The van der Waals surface area contributed by atoms with Crippen LogP contribution in [0.2, 0.25) is 0 Å². The van der Waals surface area contributed by atoms with Gasteiger partial charge in [-0.3, -0.25) is 10.1 Å². The molecule has 18 heavy (non-hydrogen) atoms. The van der Waals surface area contributed by atoms with Crippen molar-refractivity contribution in [2.45, 2.75) is 25.8 Å². The first-order valence-electron chi connectivity index (χ1n) is 5.99. The summed E-state index contributed by atoms with van der Waals surface area (Å²) in [6, 6.07) is 3.05. The molecule has 2 rings (SSSR count). The maximum atomic E-state index is 13.3. The van der Waals surface area contributed by atoms with Gasteiger partial charge in [-0.25, -0.2) is 4.39 Å². The quantitative estimate of drug-likeness (QED) is 0.463. The molecule has 1 aliphatic carbocycles. The van der Waals surface area contributed by atoms with Crippen molar-refractivity contribution in [1.29, 1.82) is 0 Å². The van der Waals surface area contributed by atoms with E-state index in [1.807, 2.05) is 0 Å². The van der Waals surface area contributed by atoms with Crippen molar-refractivity contribution in [1.82, 2.24) is 5.32 Å². The van der Waals surface area contributed by atoms with Gasteiger partial charge >= 0.3 is 0 Å². The summed E-state index contributed by atoms with van der Waals surface area (Å²) in [7, 11) is 0. The summed E-state index contributed by atoms with van der Waals surface area (Å²) in [6.07, 6.45) is 2.41. The molecule has 1 aromatic carbocycles. The molecule has 2 N–H and O–H groups in total. The van der Waals surface area contributed by atoms with Gasteiger partial charge in [-0.05, 0) is 31.4 Å². The van der Waals surface area contributed by atoms with E-state index < -0.39 is 10.7 Å². The Balaban J connectivity index is 1.99. The molecule has 98 valence electrons. The summed E-state index contributed by atoms with van der Waals surface area (Å²) in [6.45, 7) is 2.92. The van der Waals surface area contributed by atoms with Crippen molar-refractivity contribution in [3.8, 4) is 0 Å². The largest absolute Gasteiger partial charge is 0.378 e. The maximum Gasteiger partial charge on any atom is 0.295 e. The van der Waals surface area contributed by atoms with E-state index >= 15 is 0 Å². The second-order valence-electron chi connectivity index (χ2n) is 4.53. The van der Waals surface area contributed by atoms with Crippen LogP contribution in [0.15, 0.2) is 12.1 Å². The number of nitrogens with zero attached hydrogens (tertiary/aromatic N) is 1. The number of aryl methyl sites for hydroxylation is 1. The summed E-state index contributed by atoms with van der Waals surface area (Å²) in [5, 5.41) is 17.1. The van der Waals surface area contributed by atoms with Gasteiger partial charge in [0.1, 0.15) is 11.5 Å². The van der Waals surface area contributed by atoms with Crippen molar-refractivity contribution in [2.24, 2.45) is 0 Å². The Morgan fingerprint density at radius 1 is 1.44 bits per heavy atom. The fourth-order valence-corrected chi connectivity index (χ4v) is 1.72. The van der Waals surface area contributed by atoms with Crippen LogP contribution in [-0.4, -0.2) is 24.1 Å². The third-order valence-corrected chi connectivity index (χ3v) is 2.92. The molecule has 0 spiro atoms. The Bertz CT molecular complexity index is 461. The molecule has 0 saturated heterocycles. The second kappa shape index (κ2) is 5.30. The molecule has 1 fully saturated rings. The van der Waals surface area contributed by atoms with Crippen LogP contribution in [0.4, 0.5) is 15.8 Å². The zero-order valence-corrected chi connectivity index (χ0v) is 10.2. The number of benzene rings is 1. The van der Waals surface area contributed by atoms with Crippen molar-refractivity contribution in [3.63, 3.8) is 0 Å². The SMILES string of the molecule is Cc1cc(NCCNC2CC2)c([N+](=O)[O-])cc1F. The molecule has 0 heterocycles. The molecule has 0 atom stereocenters. The van der Waals surface area contributed by atoms with E-state index in [9.17, 15) is 14.5 Å². The monoisotopic (exact) mass is 253 g/mol. The second-order valence-corrected chi connectivity index (χ2v) is 4.53. The van der Waals surface area contributed by atoms with Gasteiger partial charge in [-0.2, -0.15) is 0 Å². The topological polar surface area (TPSA) is 67.2 Å². The van der Waals surface area contributed by atoms with Gasteiger partial charge in [-0.15, -0.1) is 0 Å². The van der Waals surface area contributed by atoms with E-state index in [-0.39, 0.29) is 5.69 Å². The lowest BCUT2D eigenvalue weighted by molar-refractivity contribution is -0.384. The minimum Gasteiger partial charge on any atom is -0.378 e. The fraction of sp³-hybridized carbons (Fsp3) is 0.500. The van der Waals surface area contributed by atoms with Gasteiger partial charge in [-0.1, -0.05) is 0 Å². The summed E-state index contributed by atoms with van der Waals surface area (Å²) in [5.74, 6) is -0.552. The third kappa shape index (κ3) is 3.16. The summed E-state index contributed by atoms with van der Waals surface area (Å²) < 4.78 is 13.3. The number of halogens is 1. The molecule has 0 aliphatic heterocycles. The Morgan fingerprint density at radius 2 is 2.17 bits per heavy atom. The fourth-order valence-electron chi connectivity index (χ4n) is 1.72. The van der Waals surface area contributed by atoms with Gasteiger partial charge in [0.15, 0.2) is 0 Å². The number of nitro groups is 1. The first-order valence-corrected chi connectivity index (χ1v) is 5.99. The third-order valence-electron chi connectivity index (χ3n) is 2.92. The molecular formula is C12H16FN3O2. The zero-order valence-electron chi connectivity index (χ0n) is 10.2. The minimum atomic E-state index is -0.570. The highest BCUT2D eigenvalue weighted by Crippen LogP contribution is 2.27. The highest BCUT2D eigenvalue weighted by molar-refractivity contribution is 5.63. The number of rotatable bonds is 6. The number of nitrogens with one attached hydrogen (secondary N) is 2. The normalized spacial score (nSPS) is 14.6. The highest BCUT2D eigenvalue weighted by Gasteiger charge is 2.20. The number of nitro benzene ring substituents is 1. The minimum absolute atomic E-state index is 0.218. The van der Waals surface area contributed by atoms with E-state index in [0.717, 1.165) is 12.6 Å². The highest BCUT2D eigenvalue weighted by atomic mass is 19.1. The van der Waals surface area contributed by atoms with E-state index in [2.05, 4.69) is 10.6 Å². The van der Waals surface area contributed by atoms with Gasteiger partial charge in [0.05, 0.1) is 11.0 Å². The molecule has 0 radical (unpaired) electrons. The Morgan fingerprint density at radius 3 is 2.78 bits per heavy atom. The van der Waals surface area contributed by atoms with E-state index in [1.165, 1.54) is 18.9 Å². The molecule has 1 saturated carbocycles. The van der Waals surface area contributed by atoms with Gasteiger partial charge in [0, 0.05) is 19.1 Å². The van der Waals surface area contributed by atoms with Crippen LogP contribution >= 0.6 is 0 Å². The zero-order chi connectivity index (χ0) is 13.1. The lowest BCUT2D eigenvalue weighted by atomic mass is 10.2. The van der Waals surface area contributed by atoms with E-state index in [0.29, 0.717) is 23.8 Å². The average molecular weight is 253 g/mol. The van der Waals surface area contributed by atoms with Crippen LogP contribution in [0, 0.1) is 22.9 Å². The number of hydrogen-bond donors (Lipinski definition) is 2. The lowest BCUT2D eigenvalue weighted by Gasteiger charge is -2.09. The average Bonchev–Trinajstić information content (AvgIpc) is 3.12. The smallest absolute Gasteiger partial charge is 0.295 e. The number of anilines is 1. The van der Waals surface area contributed by atoms with Crippen molar-refractivity contribution in [3.05, 3.63) is 33.6 Å². The molecule has 0 unspecified atom stereocenters. The predicted octanol–water partition coefficient (Wildman–Crippen LogP) is 2.21. The number of hydrogen-bond acceptors (Lipinski definition) is 4. The molecule has 1 aromatic rings. The molecular weight excluding hydrogens is 237 g/mol. The first-order chi connectivity index (χ1) is 8.58. The van der Waals surface area contributed by atoms with Gasteiger partial charge in [0.25, 0.3) is 5.69 Å². The van der Waals surface area contributed by atoms with Crippen molar-refractivity contribution in [2.75, 3.05) is 18.4 Å². The van der Waals surface area contributed by atoms with Crippen LogP contribution in [0.25, 0.3) is 0 Å². The van der Waals surface area contributed by atoms with E-state index in [1.54, 1.807) is 6.92 Å². The summed E-state index contributed by atoms with van der Waals surface area (Å²) >= 11 is 0. The predicted molar refractivity (Wildman–Crippen MR) is 67.3 cm³/mol. The Labute approximate surface area is 105 Å². The molecule has 5 nitrogen and oxygen atoms in total. The maximum absolute atomic E-state index is 13.3. The standard InChI is InChI=1S/C12H16FN3O2/c1-8-6-11(12(16(17)18)7-10(8)13)15-5-4-14-9-2-3-9/h6-7,9,14-15H,2-5H2,1H3. The van der Waals surface area contributed by atoms with Gasteiger partial charge < -0.3 is 10.6 Å². The van der Waals surface area contributed by atoms with Crippen LogP contribution in [0.1, 0.15) is 18.4 Å². The molecule has 0 amide bonds. The molecule has 6 heteroatoms. The molecule has 1 aliphatic rings. The van der Waals surface area contributed by atoms with Crippen LogP contribution in [0.5, 0.6) is 0 Å². The Kier molecular flexibility index (Phi) is 3.76. The van der Waals surface area contributed by atoms with E-state index in [4.69, 9.17) is 0 Å². The van der Waals surface area contributed by atoms with Crippen molar-refractivity contribution >= 4 is 11.4 Å². The van der Waals surface area contributed by atoms with Gasteiger partial charge in [0.2, 0.25) is 0 Å². The van der Waals surface area contributed by atoms with Crippen LogP contribution in [-0.2, 0) is 0 Å². The molecule has 0 bridgehead atoms. The Hall–Kier alpha value is -1.69. The lowest BCUT2D eigenvalue weighted by Crippen LogP contribution is -2.24. The summed E-state index contributed by atoms with van der Waals surface area (Å²) in [5.41, 5.74) is 0.555. The van der Waals surface area contributed by atoms with Crippen molar-refractivity contribution < 1.29 is 9.31 Å². The van der Waals surface area contributed by atoms with Crippen LogP contribution < -0.4 is 10.6 Å². The van der Waals surface area contributed by atoms with Crippen LogP contribution in [0.3, 0.4) is 0 Å².